The molecule has 1 N–H and O–H groups in total. The quantitative estimate of drug-likeness (QED) is 0.746. The van der Waals surface area contributed by atoms with Crippen LogP contribution >= 0.6 is 0 Å². The molecule has 1 saturated heterocycles. The Morgan fingerprint density at radius 2 is 1.81 bits per heavy atom. The third kappa shape index (κ3) is 3.54. The van der Waals surface area contributed by atoms with Gasteiger partial charge in [0.2, 0.25) is 10.0 Å². The molecule has 1 aromatic heterocycles. The highest BCUT2D eigenvalue weighted by molar-refractivity contribution is 7.89. The average Bonchev–Trinajstić information content (AvgIpc) is 2.99. The number of alkyl halides is 3. The van der Waals surface area contributed by atoms with Gasteiger partial charge >= 0.3 is 6.18 Å². The number of piperazine rings is 1. The molecule has 0 spiro atoms. The first-order valence-electron chi connectivity index (χ1n) is 10.7. The summed E-state index contributed by atoms with van der Waals surface area (Å²) in [6.45, 7) is 7.13. The van der Waals surface area contributed by atoms with Gasteiger partial charge in [-0.15, -0.1) is 0 Å². The van der Waals surface area contributed by atoms with E-state index in [4.69, 9.17) is 0 Å². The summed E-state index contributed by atoms with van der Waals surface area (Å²) in [6, 6.07) is 2.31. The summed E-state index contributed by atoms with van der Waals surface area (Å²) < 4.78 is 66.4. The van der Waals surface area contributed by atoms with Gasteiger partial charge in [0.25, 0.3) is 0 Å². The number of anilines is 1. The molecule has 10 heteroatoms. The van der Waals surface area contributed by atoms with Gasteiger partial charge < -0.3 is 10.0 Å². The van der Waals surface area contributed by atoms with Crippen molar-refractivity contribution < 1.29 is 26.7 Å². The normalized spacial score (nSPS) is 33.8. The van der Waals surface area contributed by atoms with E-state index in [1.807, 2.05) is 0 Å². The van der Waals surface area contributed by atoms with Crippen molar-refractivity contribution in [3.05, 3.63) is 23.9 Å². The fraction of sp³-hybridized carbons (Fsp3) is 0.762. The fourth-order valence-corrected chi connectivity index (χ4v) is 8.59. The predicted octanol–water partition coefficient (Wildman–Crippen LogP) is 3.13. The number of aliphatic hydroxyl groups is 1. The number of nitrogens with zero attached hydrogens (tertiary/aromatic N) is 3. The molecule has 0 aromatic carbocycles. The monoisotopic (exact) mass is 461 g/mol. The van der Waals surface area contributed by atoms with E-state index in [1.165, 1.54) is 10.4 Å². The molecule has 1 unspecified atom stereocenters. The molecule has 1 aliphatic heterocycles. The minimum absolute atomic E-state index is 0.0744. The van der Waals surface area contributed by atoms with Crippen LogP contribution in [0.4, 0.5) is 19.0 Å². The first kappa shape index (κ1) is 22.8. The third-order valence-corrected chi connectivity index (χ3v) is 10.3. The smallest absolute Gasteiger partial charge is 0.390 e. The minimum Gasteiger partial charge on any atom is -0.390 e. The van der Waals surface area contributed by atoms with E-state index in [1.54, 1.807) is 11.8 Å². The molecule has 3 aliphatic rings. The number of hydrogen-bond acceptors (Lipinski definition) is 5. The highest BCUT2D eigenvalue weighted by Gasteiger charge is 2.70. The van der Waals surface area contributed by atoms with Gasteiger partial charge in [0.15, 0.2) is 0 Å². The topological polar surface area (TPSA) is 73.7 Å². The van der Waals surface area contributed by atoms with Crippen molar-refractivity contribution >= 4 is 15.8 Å². The highest BCUT2D eigenvalue weighted by atomic mass is 32.2. The van der Waals surface area contributed by atoms with Crippen molar-refractivity contribution in [3.63, 3.8) is 0 Å². The van der Waals surface area contributed by atoms with E-state index in [0.717, 1.165) is 18.7 Å². The summed E-state index contributed by atoms with van der Waals surface area (Å²) in [5, 5.41) is 11.1. The van der Waals surface area contributed by atoms with Crippen molar-refractivity contribution in [3.8, 4) is 0 Å². The van der Waals surface area contributed by atoms with Gasteiger partial charge in [-0.2, -0.15) is 17.5 Å². The SMILES string of the molecule is CC1(O)C[C@H]2CC[C@@]1(CS(=O)(=O)N1CCN(c3ccc(C(F)(F)F)cn3)CC1)C2(C)C. The Morgan fingerprint density at radius 3 is 2.26 bits per heavy atom. The standard InChI is InChI=1S/C21H30F3N3O3S/c1-18(2)15-6-7-20(18,19(3,28)12-15)14-31(29,30)27-10-8-26(9-11-27)17-5-4-16(13-25-17)21(22,23)24/h4-5,13,15,28H,6-12,14H2,1-3H3/t15-,19?,20-/m1/s1. The van der Waals surface area contributed by atoms with Crippen LogP contribution < -0.4 is 4.90 Å². The summed E-state index contributed by atoms with van der Waals surface area (Å²) in [6.07, 6.45) is -1.37. The molecule has 4 rings (SSSR count). The molecule has 6 nitrogen and oxygen atoms in total. The van der Waals surface area contributed by atoms with Crippen LogP contribution in [0.2, 0.25) is 0 Å². The Kier molecular flexibility index (Phi) is 5.19. The van der Waals surface area contributed by atoms with E-state index in [9.17, 15) is 26.7 Å². The molecule has 3 fully saturated rings. The summed E-state index contributed by atoms with van der Waals surface area (Å²) in [5.41, 5.74) is -2.75. The van der Waals surface area contributed by atoms with E-state index in [0.29, 0.717) is 37.7 Å². The second-order valence-electron chi connectivity index (χ2n) is 10.1. The molecule has 2 bridgehead atoms. The number of sulfonamides is 1. The van der Waals surface area contributed by atoms with Crippen LogP contribution in [0.5, 0.6) is 0 Å². The molecule has 2 heterocycles. The molecule has 174 valence electrons. The van der Waals surface area contributed by atoms with Crippen LogP contribution in [0.1, 0.15) is 45.6 Å². The van der Waals surface area contributed by atoms with Gasteiger partial charge in [0.05, 0.1) is 16.9 Å². The second kappa shape index (κ2) is 7.05. The first-order valence-corrected chi connectivity index (χ1v) is 12.3. The largest absolute Gasteiger partial charge is 0.417 e. The molecule has 31 heavy (non-hydrogen) atoms. The van der Waals surface area contributed by atoms with E-state index in [2.05, 4.69) is 18.8 Å². The lowest BCUT2D eigenvalue weighted by Gasteiger charge is -2.47. The number of rotatable bonds is 4. The Balaban J connectivity index is 1.45. The number of hydrogen-bond donors (Lipinski definition) is 1. The molecule has 2 aliphatic carbocycles. The Labute approximate surface area is 181 Å². The van der Waals surface area contributed by atoms with Crippen LogP contribution in [0, 0.1) is 16.7 Å². The Bertz CT molecular complexity index is 939. The van der Waals surface area contributed by atoms with Crippen LogP contribution in [0.15, 0.2) is 18.3 Å². The first-order chi connectivity index (χ1) is 14.2. The molecule has 0 amide bonds. The maximum Gasteiger partial charge on any atom is 0.417 e. The van der Waals surface area contributed by atoms with Crippen molar-refractivity contribution in [2.45, 2.75) is 51.8 Å². The minimum atomic E-state index is -4.44. The van der Waals surface area contributed by atoms with E-state index < -0.39 is 32.8 Å². The Hall–Kier alpha value is -1.39. The summed E-state index contributed by atoms with van der Waals surface area (Å²) >= 11 is 0. The summed E-state index contributed by atoms with van der Waals surface area (Å²) in [4.78, 5) is 5.71. The van der Waals surface area contributed by atoms with Gasteiger partial charge in [-0.25, -0.2) is 13.4 Å². The maximum absolute atomic E-state index is 13.4. The maximum atomic E-state index is 13.4. The van der Waals surface area contributed by atoms with Crippen molar-refractivity contribution in [1.29, 1.82) is 0 Å². The van der Waals surface area contributed by atoms with Gasteiger partial charge in [-0.05, 0) is 49.7 Å². The van der Waals surface area contributed by atoms with E-state index >= 15 is 0 Å². The molecule has 2 saturated carbocycles. The lowest BCUT2D eigenvalue weighted by Crippen LogP contribution is -2.56. The zero-order valence-electron chi connectivity index (χ0n) is 18.1. The van der Waals surface area contributed by atoms with Crippen LogP contribution in [0.25, 0.3) is 0 Å². The molecule has 3 atom stereocenters. The summed E-state index contributed by atoms with van der Waals surface area (Å²) in [7, 11) is -3.61. The number of halogens is 3. The second-order valence-corrected chi connectivity index (χ2v) is 12.0. The fourth-order valence-electron chi connectivity index (χ4n) is 6.24. The average molecular weight is 462 g/mol. The zero-order chi connectivity index (χ0) is 22.9. The van der Waals surface area contributed by atoms with Crippen molar-refractivity contribution in [2.75, 3.05) is 36.8 Å². The molecular formula is C21H30F3N3O3S. The van der Waals surface area contributed by atoms with E-state index in [-0.39, 0.29) is 24.3 Å². The highest BCUT2D eigenvalue weighted by Crippen LogP contribution is 2.70. The number of fused-ring (bicyclic) bond motifs is 2. The molecule has 1 aromatic rings. The lowest BCUT2D eigenvalue weighted by atomic mass is 9.65. The Morgan fingerprint density at radius 1 is 1.16 bits per heavy atom. The van der Waals surface area contributed by atoms with Gasteiger partial charge in [0.1, 0.15) is 5.82 Å². The van der Waals surface area contributed by atoms with Gasteiger partial charge in [-0.1, -0.05) is 13.8 Å². The van der Waals surface area contributed by atoms with Gasteiger partial charge in [0, 0.05) is 37.8 Å². The lowest BCUT2D eigenvalue weighted by molar-refractivity contribution is -0.137. The van der Waals surface area contributed by atoms with Crippen LogP contribution in [-0.2, 0) is 16.2 Å². The number of pyridine rings is 1. The van der Waals surface area contributed by atoms with Crippen LogP contribution in [0.3, 0.4) is 0 Å². The van der Waals surface area contributed by atoms with Crippen molar-refractivity contribution in [1.82, 2.24) is 9.29 Å². The van der Waals surface area contributed by atoms with Gasteiger partial charge in [-0.3, -0.25) is 0 Å². The zero-order valence-corrected chi connectivity index (χ0v) is 18.9. The third-order valence-electron chi connectivity index (χ3n) is 8.31. The van der Waals surface area contributed by atoms with Crippen molar-refractivity contribution in [2.24, 2.45) is 16.7 Å². The van der Waals surface area contributed by atoms with Crippen LogP contribution in [-0.4, -0.2) is 60.3 Å². The summed E-state index contributed by atoms with van der Waals surface area (Å²) in [5.74, 6) is 0.650. The predicted molar refractivity (Wildman–Crippen MR) is 111 cm³/mol. The molecular weight excluding hydrogens is 431 g/mol. The number of aromatic nitrogens is 1. The molecule has 0 radical (unpaired) electrons.